The van der Waals surface area contributed by atoms with Crippen LogP contribution in [-0.2, 0) is 22.2 Å². The first kappa shape index (κ1) is 18.4. The van der Waals surface area contributed by atoms with E-state index >= 15 is 0 Å². The van der Waals surface area contributed by atoms with E-state index in [1.165, 1.54) is 23.8 Å². The van der Waals surface area contributed by atoms with Crippen LogP contribution >= 0.6 is 0 Å². The fourth-order valence-electron chi connectivity index (χ4n) is 2.38. The van der Waals surface area contributed by atoms with Crippen LogP contribution in [0.2, 0.25) is 0 Å². The summed E-state index contributed by atoms with van der Waals surface area (Å²) in [6.45, 7) is 0.368. The molecule has 0 bridgehead atoms. The van der Waals surface area contributed by atoms with Crippen molar-refractivity contribution in [2.24, 2.45) is 0 Å². The van der Waals surface area contributed by atoms with Gasteiger partial charge in [-0.2, -0.15) is 0 Å². The minimum atomic E-state index is -3.45. The van der Waals surface area contributed by atoms with E-state index in [1.807, 2.05) is 31.1 Å². The number of halogens is 1. The van der Waals surface area contributed by atoms with Crippen molar-refractivity contribution < 1.29 is 12.8 Å². The van der Waals surface area contributed by atoms with Gasteiger partial charge in [0, 0.05) is 26.3 Å². The van der Waals surface area contributed by atoms with Gasteiger partial charge in [-0.15, -0.1) is 0 Å². The second kappa shape index (κ2) is 8.26. The summed E-state index contributed by atoms with van der Waals surface area (Å²) < 4.78 is 39.7. The molecule has 0 unspecified atom stereocenters. The Morgan fingerprint density at radius 2 is 1.75 bits per heavy atom. The SMILES string of the molecule is CN(C)c1ccc(CCCNS(=O)(=O)Cc2cccc(F)c2)cc1. The lowest BCUT2D eigenvalue weighted by Crippen LogP contribution is -2.26. The maximum atomic E-state index is 13.1. The Bertz CT molecular complexity index is 759. The van der Waals surface area contributed by atoms with Crippen LogP contribution in [0.25, 0.3) is 0 Å². The van der Waals surface area contributed by atoms with Crippen molar-refractivity contribution in [1.29, 1.82) is 0 Å². The number of aryl methyl sites for hydroxylation is 1. The van der Waals surface area contributed by atoms with Crippen molar-refractivity contribution >= 4 is 15.7 Å². The number of nitrogens with one attached hydrogen (secondary N) is 1. The summed E-state index contributed by atoms with van der Waals surface area (Å²) in [5.74, 6) is -0.633. The maximum Gasteiger partial charge on any atom is 0.215 e. The van der Waals surface area contributed by atoms with Gasteiger partial charge in [0.2, 0.25) is 10.0 Å². The van der Waals surface area contributed by atoms with Crippen molar-refractivity contribution in [2.75, 3.05) is 25.5 Å². The largest absolute Gasteiger partial charge is 0.378 e. The van der Waals surface area contributed by atoms with Crippen molar-refractivity contribution in [3.63, 3.8) is 0 Å². The molecule has 130 valence electrons. The molecule has 0 saturated heterocycles. The van der Waals surface area contributed by atoms with Crippen molar-refractivity contribution in [2.45, 2.75) is 18.6 Å². The summed E-state index contributed by atoms with van der Waals surface area (Å²) >= 11 is 0. The average Bonchev–Trinajstić information content (AvgIpc) is 2.51. The van der Waals surface area contributed by atoms with Gasteiger partial charge in [0.15, 0.2) is 0 Å². The summed E-state index contributed by atoms with van der Waals surface area (Å²) in [6, 6.07) is 13.9. The van der Waals surface area contributed by atoms with Crippen LogP contribution in [0.15, 0.2) is 48.5 Å². The summed E-state index contributed by atoms with van der Waals surface area (Å²) in [5, 5.41) is 0. The van der Waals surface area contributed by atoms with Crippen LogP contribution in [0.5, 0.6) is 0 Å². The van der Waals surface area contributed by atoms with Gasteiger partial charge < -0.3 is 4.90 Å². The van der Waals surface area contributed by atoms with Crippen molar-refractivity contribution in [3.8, 4) is 0 Å². The Hall–Kier alpha value is -1.92. The number of anilines is 1. The van der Waals surface area contributed by atoms with Gasteiger partial charge in [0.05, 0.1) is 5.75 Å². The fraction of sp³-hybridized carbons (Fsp3) is 0.333. The van der Waals surface area contributed by atoms with Crippen molar-refractivity contribution in [1.82, 2.24) is 4.72 Å². The number of hydrogen-bond donors (Lipinski definition) is 1. The zero-order chi connectivity index (χ0) is 17.6. The zero-order valence-corrected chi connectivity index (χ0v) is 14.8. The van der Waals surface area contributed by atoms with Gasteiger partial charge in [0.1, 0.15) is 5.82 Å². The van der Waals surface area contributed by atoms with E-state index in [4.69, 9.17) is 0 Å². The monoisotopic (exact) mass is 350 g/mol. The molecule has 0 aliphatic heterocycles. The molecule has 6 heteroatoms. The van der Waals surface area contributed by atoms with E-state index < -0.39 is 15.8 Å². The molecule has 0 saturated carbocycles. The third-order valence-electron chi connectivity index (χ3n) is 3.66. The third kappa shape index (κ3) is 5.94. The normalized spacial score (nSPS) is 11.5. The highest BCUT2D eigenvalue weighted by molar-refractivity contribution is 7.88. The van der Waals surface area contributed by atoms with Crippen LogP contribution in [0.3, 0.4) is 0 Å². The molecule has 0 atom stereocenters. The molecule has 24 heavy (non-hydrogen) atoms. The van der Waals surface area contributed by atoms with Crippen LogP contribution < -0.4 is 9.62 Å². The van der Waals surface area contributed by atoms with E-state index in [9.17, 15) is 12.8 Å². The van der Waals surface area contributed by atoms with E-state index in [0.717, 1.165) is 12.1 Å². The topological polar surface area (TPSA) is 49.4 Å². The minimum absolute atomic E-state index is 0.206. The maximum absolute atomic E-state index is 13.1. The van der Waals surface area contributed by atoms with Gasteiger partial charge in [-0.25, -0.2) is 17.5 Å². The molecule has 4 nitrogen and oxygen atoms in total. The number of nitrogens with zero attached hydrogens (tertiary/aromatic N) is 1. The smallest absolute Gasteiger partial charge is 0.215 e. The molecule has 2 aromatic rings. The highest BCUT2D eigenvalue weighted by Crippen LogP contribution is 2.13. The van der Waals surface area contributed by atoms with Crippen LogP contribution in [0, 0.1) is 5.82 Å². The molecule has 0 aromatic heterocycles. The molecule has 0 heterocycles. The van der Waals surface area contributed by atoms with Gasteiger partial charge >= 0.3 is 0 Å². The highest BCUT2D eigenvalue weighted by atomic mass is 32.2. The predicted octanol–water partition coefficient (Wildman–Crippen LogP) is 2.94. The quantitative estimate of drug-likeness (QED) is 0.745. The molecule has 0 aliphatic carbocycles. The standard InChI is InChI=1S/C18H23FN2O2S/c1-21(2)18-10-8-15(9-11-18)6-4-12-20-24(22,23)14-16-5-3-7-17(19)13-16/h3,5,7-11,13,20H,4,6,12,14H2,1-2H3. The van der Waals surface area contributed by atoms with Gasteiger partial charge in [-0.1, -0.05) is 24.3 Å². The summed E-state index contributed by atoms with van der Waals surface area (Å²) in [5.41, 5.74) is 2.75. The molecule has 2 rings (SSSR count). The van der Waals surface area contributed by atoms with E-state index in [0.29, 0.717) is 18.5 Å². The molecular formula is C18H23FN2O2S. The first-order valence-corrected chi connectivity index (χ1v) is 9.49. The lowest BCUT2D eigenvalue weighted by molar-refractivity contribution is 0.577. The van der Waals surface area contributed by atoms with E-state index in [2.05, 4.69) is 16.9 Å². The summed E-state index contributed by atoms with van der Waals surface area (Å²) in [6.07, 6.45) is 1.51. The first-order chi connectivity index (χ1) is 11.4. The minimum Gasteiger partial charge on any atom is -0.378 e. The highest BCUT2D eigenvalue weighted by Gasteiger charge is 2.11. The molecule has 1 N–H and O–H groups in total. The molecule has 2 aromatic carbocycles. The van der Waals surface area contributed by atoms with Crippen LogP contribution in [0.4, 0.5) is 10.1 Å². The molecule has 0 radical (unpaired) electrons. The second-order valence-electron chi connectivity index (χ2n) is 5.95. The van der Waals surface area contributed by atoms with Gasteiger partial charge in [-0.3, -0.25) is 0 Å². The predicted molar refractivity (Wildman–Crippen MR) is 96.1 cm³/mol. The molecular weight excluding hydrogens is 327 g/mol. The van der Waals surface area contributed by atoms with E-state index in [-0.39, 0.29) is 5.75 Å². The Morgan fingerprint density at radius 3 is 2.38 bits per heavy atom. The Morgan fingerprint density at radius 1 is 1.04 bits per heavy atom. The average molecular weight is 350 g/mol. The summed E-state index contributed by atoms with van der Waals surface area (Å²) in [4.78, 5) is 2.03. The number of benzene rings is 2. The summed E-state index contributed by atoms with van der Waals surface area (Å²) in [7, 11) is 0.530. The molecule has 0 aliphatic rings. The molecule has 0 fully saturated rings. The van der Waals surface area contributed by atoms with Gasteiger partial charge in [-0.05, 0) is 48.2 Å². The number of sulfonamides is 1. The fourth-order valence-corrected chi connectivity index (χ4v) is 3.55. The Labute approximate surface area is 143 Å². The Kier molecular flexibility index (Phi) is 6.34. The number of rotatable bonds is 8. The third-order valence-corrected chi connectivity index (χ3v) is 5.02. The van der Waals surface area contributed by atoms with Crippen LogP contribution in [-0.4, -0.2) is 29.1 Å². The van der Waals surface area contributed by atoms with Crippen molar-refractivity contribution in [3.05, 3.63) is 65.5 Å². The lowest BCUT2D eigenvalue weighted by atomic mass is 10.1. The second-order valence-corrected chi connectivity index (χ2v) is 7.75. The number of hydrogen-bond acceptors (Lipinski definition) is 3. The molecule has 0 spiro atoms. The Balaban J connectivity index is 1.78. The molecule has 0 amide bonds. The first-order valence-electron chi connectivity index (χ1n) is 7.84. The lowest BCUT2D eigenvalue weighted by Gasteiger charge is -2.12. The van der Waals surface area contributed by atoms with Crippen LogP contribution in [0.1, 0.15) is 17.5 Å². The van der Waals surface area contributed by atoms with Gasteiger partial charge in [0.25, 0.3) is 0 Å². The van der Waals surface area contributed by atoms with E-state index in [1.54, 1.807) is 6.07 Å². The zero-order valence-electron chi connectivity index (χ0n) is 14.0.